The zero-order valence-electron chi connectivity index (χ0n) is 20.3. The Morgan fingerprint density at radius 2 is 1.13 bits per heavy atom. The van der Waals surface area contributed by atoms with E-state index >= 15 is 0 Å². The number of nitrogens with zero attached hydrogens (tertiary/aromatic N) is 2. The smallest absolute Gasteiger partial charge is 0.147 e. The average Bonchev–Trinajstić information content (AvgIpc) is 3.56. The number of benzene rings is 4. The van der Waals surface area contributed by atoms with E-state index in [-0.39, 0.29) is 0 Å². The Labute approximate surface area is 217 Å². The van der Waals surface area contributed by atoms with Gasteiger partial charge in [-0.15, -0.1) is 0 Å². The molecule has 0 saturated carbocycles. The quantitative estimate of drug-likeness (QED) is 0.249. The maximum absolute atomic E-state index is 6.44. The van der Waals surface area contributed by atoms with Crippen LogP contribution in [0.1, 0.15) is 0 Å². The lowest BCUT2D eigenvalue weighted by Crippen LogP contribution is -1.90. The lowest BCUT2D eigenvalue weighted by atomic mass is 9.97. The van der Waals surface area contributed by atoms with E-state index in [2.05, 4.69) is 53.5 Å². The van der Waals surface area contributed by atoms with Crippen molar-refractivity contribution in [2.24, 2.45) is 0 Å². The minimum absolute atomic E-state index is 0.834. The van der Waals surface area contributed by atoms with Crippen LogP contribution in [0.25, 0.3) is 77.6 Å². The van der Waals surface area contributed by atoms with Crippen LogP contribution in [-0.2, 0) is 0 Å². The van der Waals surface area contributed by atoms with Crippen LogP contribution in [0.4, 0.5) is 0 Å². The molecule has 4 aromatic carbocycles. The highest BCUT2D eigenvalue weighted by Crippen LogP contribution is 2.44. The van der Waals surface area contributed by atoms with E-state index in [4.69, 9.17) is 13.8 Å². The van der Waals surface area contributed by atoms with Crippen LogP contribution in [0.3, 0.4) is 0 Å². The number of para-hydroxylation sites is 2. The second kappa shape index (κ2) is 8.15. The summed E-state index contributed by atoms with van der Waals surface area (Å²) in [6.07, 6.45) is 1.79. The number of hydrogen-bond donors (Lipinski definition) is 0. The number of pyridine rings is 2. The Hall–Kier alpha value is -5.22. The third-order valence-corrected chi connectivity index (χ3v) is 7.16. The van der Waals surface area contributed by atoms with Gasteiger partial charge in [0.05, 0.1) is 22.5 Å². The summed E-state index contributed by atoms with van der Waals surface area (Å²) in [6, 6.07) is 39.0. The first-order chi connectivity index (χ1) is 18.8. The van der Waals surface area contributed by atoms with E-state index < -0.39 is 0 Å². The molecule has 4 nitrogen and oxygen atoms in total. The summed E-state index contributed by atoms with van der Waals surface area (Å²) in [4.78, 5) is 9.31. The Morgan fingerprint density at radius 1 is 0.474 bits per heavy atom. The van der Waals surface area contributed by atoms with Gasteiger partial charge in [-0.2, -0.15) is 0 Å². The van der Waals surface area contributed by atoms with Crippen molar-refractivity contribution in [3.05, 3.63) is 121 Å². The summed E-state index contributed by atoms with van der Waals surface area (Å²) in [5.74, 6) is 0. The van der Waals surface area contributed by atoms with Gasteiger partial charge in [0.15, 0.2) is 0 Å². The predicted molar refractivity (Wildman–Crippen MR) is 153 cm³/mol. The summed E-state index contributed by atoms with van der Waals surface area (Å²) in [5.41, 5.74) is 9.20. The largest absolute Gasteiger partial charge is 0.455 e. The minimum Gasteiger partial charge on any atom is -0.455 e. The molecule has 0 radical (unpaired) electrons. The summed E-state index contributed by atoms with van der Waals surface area (Å²) in [6.45, 7) is 0. The topological polar surface area (TPSA) is 52.1 Å². The second-order valence-corrected chi connectivity index (χ2v) is 9.40. The van der Waals surface area contributed by atoms with Crippen molar-refractivity contribution < 1.29 is 8.83 Å². The Balaban J connectivity index is 1.31. The highest BCUT2D eigenvalue weighted by atomic mass is 16.3. The average molecular weight is 489 g/mol. The van der Waals surface area contributed by atoms with Gasteiger partial charge in [0, 0.05) is 33.5 Å². The van der Waals surface area contributed by atoms with E-state index in [1.54, 1.807) is 6.20 Å². The molecule has 0 fully saturated rings. The fourth-order valence-electron chi connectivity index (χ4n) is 5.35. The highest BCUT2D eigenvalue weighted by Gasteiger charge is 2.20. The number of aromatic nitrogens is 2. The standard InChI is InChI=1S/C34H20N2O2/c1-3-13-30-23(8-1)26-20-25(33-32(34(26)37-30)24-9-2-4-14-31(24)38-33)21-15-17-22(18-16-21)27-11-7-12-29(36-27)28-10-5-6-19-35-28/h1-20H. The van der Waals surface area contributed by atoms with Crippen LogP contribution in [0, 0.1) is 0 Å². The van der Waals surface area contributed by atoms with Gasteiger partial charge in [-0.3, -0.25) is 4.98 Å². The summed E-state index contributed by atoms with van der Waals surface area (Å²) in [7, 11) is 0. The second-order valence-electron chi connectivity index (χ2n) is 9.40. The Morgan fingerprint density at radius 3 is 1.95 bits per heavy atom. The van der Waals surface area contributed by atoms with Gasteiger partial charge in [0.2, 0.25) is 0 Å². The first-order valence-electron chi connectivity index (χ1n) is 12.6. The van der Waals surface area contributed by atoms with Gasteiger partial charge in [0.1, 0.15) is 22.3 Å². The lowest BCUT2D eigenvalue weighted by Gasteiger charge is -2.07. The van der Waals surface area contributed by atoms with E-state index in [1.807, 2.05) is 66.7 Å². The normalized spacial score (nSPS) is 11.7. The van der Waals surface area contributed by atoms with Crippen molar-refractivity contribution in [2.75, 3.05) is 0 Å². The molecule has 4 heteroatoms. The molecule has 0 amide bonds. The Bertz CT molecular complexity index is 2120. The third-order valence-electron chi connectivity index (χ3n) is 7.16. The van der Waals surface area contributed by atoms with Gasteiger partial charge < -0.3 is 8.83 Å². The van der Waals surface area contributed by atoms with Crippen molar-refractivity contribution in [2.45, 2.75) is 0 Å². The monoisotopic (exact) mass is 488 g/mol. The first kappa shape index (κ1) is 20.9. The fourth-order valence-corrected chi connectivity index (χ4v) is 5.35. The summed E-state index contributed by atoms with van der Waals surface area (Å²) >= 11 is 0. The fraction of sp³-hybridized carbons (Fsp3) is 0. The molecule has 0 bridgehead atoms. The van der Waals surface area contributed by atoms with E-state index in [9.17, 15) is 0 Å². The maximum atomic E-state index is 6.44. The molecule has 0 aliphatic rings. The van der Waals surface area contributed by atoms with Gasteiger partial charge >= 0.3 is 0 Å². The van der Waals surface area contributed by atoms with E-state index in [0.29, 0.717) is 0 Å². The van der Waals surface area contributed by atoms with Crippen LogP contribution >= 0.6 is 0 Å². The SMILES string of the molecule is c1ccc(-c2cccc(-c3ccc(-c4cc5c6ccccc6oc5c5c4oc4ccccc45)cc3)n2)nc1. The van der Waals surface area contributed by atoms with Crippen molar-refractivity contribution >= 4 is 43.9 Å². The van der Waals surface area contributed by atoms with Crippen LogP contribution in [0.5, 0.6) is 0 Å². The molecular weight excluding hydrogens is 468 g/mol. The van der Waals surface area contributed by atoms with Crippen LogP contribution in [0.2, 0.25) is 0 Å². The van der Waals surface area contributed by atoms with Gasteiger partial charge in [-0.05, 0) is 48.0 Å². The molecule has 8 rings (SSSR count). The minimum atomic E-state index is 0.834. The molecule has 0 atom stereocenters. The van der Waals surface area contributed by atoms with Crippen molar-refractivity contribution in [3.63, 3.8) is 0 Å². The molecule has 4 heterocycles. The lowest BCUT2D eigenvalue weighted by molar-refractivity contribution is 0.663. The zero-order valence-corrected chi connectivity index (χ0v) is 20.3. The van der Waals surface area contributed by atoms with Crippen molar-refractivity contribution in [1.29, 1.82) is 0 Å². The molecule has 38 heavy (non-hydrogen) atoms. The molecule has 0 aliphatic carbocycles. The van der Waals surface area contributed by atoms with Crippen LogP contribution < -0.4 is 0 Å². The molecule has 178 valence electrons. The first-order valence-corrected chi connectivity index (χ1v) is 12.6. The van der Waals surface area contributed by atoms with Crippen molar-refractivity contribution in [1.82, 2.24) is 9.97 Å². The molecule has 0 saturated heterocycles. The highest BCUT2D eigenvalue weighted by molar-refractivity contribution is 6.25. The van der Waals surface area contributed by atoms with Gasteiger partial charge in [0.25, 0.3) is 0 Å². The zero-order chi connectivity index (χ0) is 25.1. The maximum Gasteiger partial charge on any atom is 0.147 e. The predicted octanol–water partition coefficient (Wildman–Crippen LogP) is 9.28. The summed E-state index contributed by atoms with van der Waals surface area (Å²) in [5, 5.41) is 4.25. The van der Waals surface area contributed by atoms with Gasteiger partial charge in [-0.1, -0.05) is 72.8 Å². The summed E-state index contributed by atoms with van der Waals surface area (Å²) < 4.78 is 12.8. The Kier molecular flexibility index (Phi) is 4.49. The number of furan rings is 2. The molecule has 0 N–H and O–H groups in total. The molecule has 0 aliphatic heterocycles. The molecular formula is C34H20N2O2. The molecule has 0 spiro atoms. The van der Waals surface area contributed by atoms with Gasteiger partial charge in [-0.25, -0.2) is 4.98 Å². The van der Waals surface area contributed by atoms with Crippen molar-refractivity contribution in [3.8, 4) is 33.8 Å². The molecule has 8 aromatic rings. The van der Waals surface area contributed by atoms with E-state index in [0.717, 1.165) is 77.6 Å². The van der Waals surface area contributed by atoms with Crippen LogP contribution in [-0.4, -0.2) is 9.97 Å². The molecule has 4 aromatic heterocycles. The van der Waals surface area contributed by atoms with Crippen LogP contribution in [0.15, 0.2) is 130 Å². The molecule has 0 unspecified atom stereocenters. The van der Waals surface area contributed by atoms with E-state index in [1.165, 1.54) is 0 Å². The number of rotatable bonds is 3. The number of hydrogen-bond acceptors (Lipinski definition) is 4. The third kappa shape index (κ3) is 3.17. The number of fused-ring (bicyclic) bond motifs is 7.